The maximum atomic E-state index is 13.0. The Bertz CT molecular complexity index is 504. The number of carbonyl (C=O) groups excluding carboxylic acids is 1. The Balaban J connectivity index is 1.99. The van der Waals surface area contributed by atoms with E-state index < -0.39 is 5.60 Å². The van der Waals surface area contributed by atoms with Crippen molar-refractivity contribution in [3.05, 3.63) is 24.3 Å². The van der Waals surface area contributed by atoms with Crippen LogP contribution in [0.2, 0.25) is 0 Å². The summed E-state index contributed by atoms with van der Waals surface area (Å²) in [5, 5.41) is 3.06. The van der Waals surface area contributed by atoms with Gasteiger partial charge in [0, 0.05) is 12.3 Å². The zero-order valence-corrected chi connectivity index (χ0v) is 15.8. The van der Waals surface area contributed by atoms with Gasteiger partial charge in [-0.2, -0.15) is 0 Å². The van der Waals surface area contributed by atoms with Crippen LogP contribution < -0.4 is 10.1 Å². The Morgan fingerprint density at radius 3 is 2.28 bits per heavy atom. The molecule has 140 valence electrons. The van der Waals surface area contributed by atoms with Crippen molar-refractivity contribution < 1.29 is 14.3 Å². The van der Waals surface area contributed by atoms with Gasteiger partial charge in [-0.05, 0) is 49.9 Å². The van der Waals surface area contributed by atoms with Crippen LogP contribution in [-0.4, -0.2) is 24.7 Å². The van der Waals surface area contributed by atoms with Gasteiger partial charge >= 0.3 is 0 Å². The van der Waals surface area contributed by atoms with Gasteiger partial charge in [0.05, 0.1) is 6.61 Å². The molecule has 0 heterocycles. The molecule has 0 unspecified atom stereocenters. The standard InChI is InChI=1S/C21H33NO3/c1-3-5-17-24-19-12-10-18(11-13-19)22-20(23)21(25-16-4-2)14-8-6-7-9-15-21/h10-13H,3-9,14-17H2,1-2H3,(H,22,23). The van der Waals surface area contributed by atoms with E-state index in [2.05, 4.69) is 19.2 Å². The molecule has 4 heteroatoms. The summed E-state index contributed by atoms with van der Waals surface area (Å²) < 4.78 is 11.8. The number of hydrogen-bond acceptors (Lipinski definition) is 3. The van der Waals surface area contributed by atoms with Crippen LogP contribution in [0.4, 0.5) is 5.69 Å². The van der Waals surface area contributed by atoms with Gasteiger partial charge in [-0.1, -0.05) is 46.0 Å². The van der Waals surface area contributed by atoms with Crippen LogP contribution in [-0.2, 0) is 9.53 Å². The molecular weight excluding hydrogens is 314 g/mol. The number of amides is 1. The third-order valence-electron chi connectivity index (χ3n) is 4.79. The van der Waals surface area contributed by atoms with E-state index in [0.29, 0.717) is 6.61 Å². The monoisotopic (exact) mass is 347 g/mol. The molecule has 4 nitrogen and oxygen atoms in total. The maximum absolute atomic E-state index is 13.0. The van der Waals surface area contributed by atoms with E-state index in [1.54, 1.807) is 0 Å². The Hall–Kier alpha value is -1.55. The van der Waals surface area contributed by atoms with Crippen molar-refractivity contribution in [2.45, 2.75) is 77.2 Å². The Morgan fingerprint density at radius 2 is 1.68 bits per heavy atom. The minimum atomic E-state index is -0.664. The fraction of sp³-hybridized carbons (Fsp3) is 0.667. The van der Waals surface area contributed by atoms with Crippen LogP contribution in [0, 0.1) is 0 Å². The topological polar surface area (TPSA) is 47.6 Å². The van der Waals surface area contributed by atoms with Crippen LogP contribution >= 0.6 is 0 Å². The second-order valence-electron chi connectivity index (χ2n) is 6.94. The summed E-state index contributed by atoms with van der Waals surface area (Å²) in [7, 11) is 0. The Labute approximate surface area is 152 Å². The first kappa shape index (κ1) is 19.8. The lowest BCUT2D eigenvalue weighted by Gasteiger charge is -2.31. The largest absolute Gasteiger partial charge is 0.494 e. The van der Waals surface area contributed by atoms with Gasteiger partial charge in [-0.25, -0.2) is 0 Å². The Morgan fingerprint density at radius 1 is 1.00 bits per heavy atom. The number of anilines is 1. The first-order valence-electron chi connectivity index (χ1n) is 9.88. The van der Waals surface area contributed by atoms with Crippen molar-refractivity contribution in [2.24, 2.45) is 0 Å². The summed E-state index contributed by atoms with van der Waals surface area (Å²) in [5.41, 5.74) is 0.138. The van der Waals surface area contributed by atoms with Crippen LogP contribution in [0.15, 0.2) is 24.3 Å². The molecule has 0 spiro atoms. The summed E-state index contributed by atoms with van der Waals surface area (Å²) in [6, 6.07) is 7.64. The highest BCUT2D eigenvalue weighted by atomic mass is 16.5. The first-order valence-corrected chi connectivity index (χ1v) is 9.88. The number of rotatable bonds is 9. The van der Waals surface area contributed by atoms with E-state index in [9.17, 15) is 4.79 Å². The normalized spacial score (nSPS) is 16.9. The quantitative estimate of drug-likeness (QED) is 0.485. The number of hydrogen-bond donors (Lipinski definition) is 1. The van der Waals surface area contributed by atoms with Crippen LogP contribution in [0.25, 0.3) is 0 Å². The molecular formula is C21H33NO3. The van der Waals surface area contributed by atoms with Crippen molar-refractivity contribution in [1.29, 1.82) is 0 Å². The zero-order valence-electron chi connectivity index (χ0n) is 15.8. The average Bonchev–Trinajstić information content (AvgIpc) is 2.88. The average molecular weight is 347 g/mol. The molecule has 1 amide bonds. The predicted molar refractivity (Wildman–Crippen MR) is 102 cm³/mol. The summed E-state index contributed by atoms with van der Waals surface area (Å²) in [4.78, 5) is 13.0. The van der Waals surface area contributed by atoms with E-state index >= 15 is 0 Å². The van der Waals surface area contributed by atoms with Gasteiger partial charge in [0.2, 0.25) is 0 Å². The molecule has 0 radical (unpaired) electrons. The molecule has 25 heavy (non-hydrogen) atoms. The molecule has 0 atom stereocenters. The first-order chi connectivity index (χ1) is 12.2. The number of unbranched alkanes of at least 4 members (excludes halogenated alkanes) is 1. The third-order valence-corrected chi connectivity index (χ3v) is 4.79. The molecule has 1 aromatic rings. The van der Waals surface area contributed by atoms with Crippen LogP contribution in [0.3, 0.4) is 0 Å². The lowest BCUT2D eigenvalue weighted by Crippen LogP contribution is -2.45. The highest BCUT2D eigenvalue weighted by Crippen LogP contribution is 2.32. The van der Waals surface area contributed by atoms with Crippen molar-refractivity contribution in [2.75, 3.05) is 18.5 Å². The molecule has 0 saturated heterocycles. The van der Waals surface area contributed by atoms with E-state index in [4.69, 9.17) is 9.47 Å². The lowest BCUT2D eigenvalue weighted by atomic mass is 9.92. The highest BCUT2D eigenvalue weighted by molar-refractivity contribution is 5.97. The fourth-order valence-corrected chi connectivity index (χ4v) is 3.25. The molecule has 1 saturated carbocycles. The Kier molecular flexibility index (Phi) is 8.26. The molecule has 1 N–H and O–H groups in total. The summed E-state index contributed by atoms with van der Waals surface area (Å²) in [5.74, 6) is 0.848. The van der Waals surface area contributed by atoms with Gasteiger partial charge in [0.15, 0.2) is 0 Å². The summed E-state index contributed by atoms with van der Waals surface area (Å²) in [6.45, 7) is 5.60. The molecule has 1 aliphatic carbocycles. The predicted octanol–water partition coefficient (Wildman–Crippen LogP) is 5.32. The van der Waals surface area contributed by atoms with Crippen LogP contribution in [0.5, 0.6) is 5.75 Å². The number of nitrogens with one attached hydrogen (secondary N) is 1. The van der Waals surface area contributed by atoms with E-state index in [1.807, 2.05) is 24.3 Å². The molecule has 0 aliphatic heterocycles. The van der Waals surface area contributed by atoms with Gasteiger partial charge < -0.3 is 14.8 Å². The van der Waals surface area contributed by atoms with E-state index in [0.717, 1.165) is 63.0 Å². The van der Waals surface area contributed by atoms with Crippen molar-refractivity contribution in [3.8, 4) is 5.75 Å². The molecule has 1 aliphatic rings. The lowest BCUT2D eigenvalue weighted by molar-refractivity contribution is -0.143. The zero-order chi connectivity index (χ0) is 18.0. The molecule has 2 rings (SSSR count). The molecule has 1 fully saturated rings. The smallest absolute Gasteiger partial charge is 0.256 e. The summed E-state index contributed by atoms with van der Waals surface area (Å²) >= 11 is 0. The second kappa shape index (κ2) is 10.4. The minimum absolute atomic E-state index is 0.00232. The van der Waals surface area contributed by atoms with Gasteiger partial charge in [-0.3, -0.25) is 4.79 Å². The second-order valence-corrected chi connectivity index (χ2v) is 6.94. The maximum Gasteiger partial charge on any atom is 0.256 e. The van der Waals surface area contributed by atoms with Crippen LogP contribution in [0.1, 0.15) is 71.6 Å². The van der Waals surface area contributed by atoms with Gasteiger partial charge in [-0.15, -0.1) is 0 Å². The van der Waals surface area contributed by atoms with Crippen molar-refractivity contribution in [3.63, 3.8) is 0 Å². The van der Waals surface area contributed by atoms with Crippen molar-refractivity contribution in [1.82, 2.24) is 0 Å². The summed E-state index contributed by atoms with van der Waals surface area (Å²) in [6.07, 6.45) is 9.22. The van der Waals surface area contributed by atoms with E-state index in [1.165, 1.54) is 12.8 Å². The number of carbonyl (C=O) groups is 1. The SMILES string of the molecule is CCCCOc1ccc(NC(=O)C2(OCCC)CCCCCC2)cc1. The number of benzene rings is 1. The number of ether oxygens (including phenoxy) is 2. The van der Waals surface area contributed by atoms with Crippen molar-refractivity contribution >= 4 is 11.6 Å². The van der Waals surface area contributed by atoms with E-state index in [-0.39, 0.29) is 5.91 Å². The molecule has 1 aromatic carbocycles. The van der Waals surface area contributed by atoms with Gasteiger partial charge in [0.25, 0.3) is 5.91 Å². The van der Waals surface area contributed by atoms with Gasteiger partial charge in [0.1, 0.15) is 11.4 Å². The molecule has 0 aromatic heterocycles. The fourth-order valence-electron chi connectivity index (χ4n) is 3.25. The molecule has 0 bridgehead atoms. The minimum Gasteiger partial charge on any atom is -0.494 e. The highest BCUT2D eigenvalue weighted by Gasteiger charge is 2.39. The third kappa shape index (κ3) is 6.03.